The Morgan fingerprint density at radius 1 is 1.26 bits per heavy atom. The lowest BCUT2D eigenvalue weighted by Gasteiger charge is -2.06. The molecule has 1 aliphatic heterocycles. The standard InChI is InChI=1S/C16H21N3/c1-2-14-16(12-7-4-3-5-8-12)19-15(18-14)11-13-9-6-10-17-13/h3-5,7-8,13,17H,2,6,9-11H2,1H3,(H,18,19). The number of aromatic nitrogens is 2. The second kappa shape index (κ2) is 5.57. The molecule has 0 spiro atoms. The summed E-state index contributed by atoms with van der Waals surface area (Å²) in [5.41, 5.74) is 3.58. The summed E-state index contributed by atoms with van der Waals surface area (Å²) in [5.74, 6) is 1.12. The molecule has 0 amide bonds. The van der Waals surface area contributed by atoms with Gasteiger partial charge in [-0.3, -0.25) is 0 Å². The summed E-state index contributed by atoms with van der Waals surface area (Å²) < 4.78 is 0. The average molecular weight is 255 g/mol. The van der Waals surface area contributed by atoms with Crippen molar-refractivity contribution in [3.63, 3.8) is 0 Å². The van der Waals surface area contributed by atoms with E-state index in [-0.39, 0.29) is 0 Å². The Kier molecular flexibility index (Phi) is 3.65. The predicted octanol–water partition coefficient (Wildman–Crippen LogP) is 2.93. The monoisotopic (exact) mass is 255 g/mol. The molecule has 1 saturated heterocycles. The van der Waals surface area contributed by atoms with Crippen molar-refractivity contribution in [2.24, 2.45) is 0 Å². The lowest BCUT2D eigenvalue weighted by Crippen LogP contribution is -2.24. The van der Waals surface area contributed by atoms with Crippen LogP contribution in [0.4, 0.5) is 0 Å². The minimum atomic E-state index is 0.597. The zero-order chi connectivity index (χ0) is 13.1. The smallest absolute Gasteiger partial charge is 0.108 e. The Hall–Kier alpha value is -1.61. The van der Waals surface area contributed by atoms with E-state index in [9.17, 15) is 0 Å². The maximum absolute atomic E-state index is 4.82. The van der Waals surface area contributed by atoms with E-state index in [0.29, 0.717) is 6.04 Å². The summed E-state index contributed by atoms with van der Waals surface area (Å²) in [7, 11) is 0. The van der Waals surface area contributed by atoms with Gasteiger partial charge in [-0.15, -0.1) is 0 Å². The summed E-state index contributed by atoms with van der Waals surface area (Å²) >= 11 is 0. The normalized spacial score (nSPS) is 18.9. The average Bonchev–Trinajstić information content (AvgIpc) is 3.09. The number of H-pyrrole nitrogens is 1. The zero-order valence-corrected chi connectivity index (χ0v) is 11.4. The number of aryl methyl sites for hydroxylation is 1. The molecule has 3 rings (SSSR count). The van der Waals surface area contributed by atoms with E-state index in [1.807, 2.05) is 6.07 Å². The number of imidazole rings is 1. The van der Waals surface area contributed by atoms with Crippen LogP contribution in [-0.4, -0.2) is 22.6 Å². The summed E-state index contributed by atoms with van der Waals surface area (Å²) in [6.45, 7) is 3.33. The molecule has 0 aliphatic carbocycles. The van der Waals surface area contributed by atoms with Gasteiger partial charge in [0.05, 0.1) is 5.69 Å². The fraction of sp³-hybridized carbons (Fsp3) is 0.438. The van der Waals surface area contributed by atoms with E-state index >= 15 is 0 Å². The van der Waals surface area contributed by atoms with Gasteiger partial charge in [0.25, 0.3) is 0 Å². The first-order valence-corrected chi connectivity index (χ1v) is 7.23. The molecule has 1 atom stereocenters. The van der Waals surface area contributed by atoms with Crippen LogP contribution in [0.1, 0.15) is 31.3 Å². The molecule has 3 nitrogen and oxygen atoms in total. The molecule has 1 aromatic heterocycles. The van der Waals surface area contributed by atoms with Crippen LogP contribution < -0.4 is 5.32 Å². The van der Waals surface area contributed by atoms with Gasteiger partial charge >= 0.3 is 0 Å². The molecule has 0 radical (unpaired) electrons. The van der Waals surface area contributed by atoms with Crippen molar-refractivity contribution in [3.8, 4) is 11.3 Å². The largest absolute Gasteiger partial charge is 0.345 e. The van der Waals surface area contributed by atoms with Gasteiger partial charge in [0.2, 0.25) is 0 Å². The molecule has 1 unspecified atom stereocenters. The molecule has 3 heteroatoms. The topological polar surface area (TPSA) is 40.7 Å². The Morgan fingerprint density at radius 3 is 2.79 bits per heavy atom. The lowest BCUT2D eigenvalue weighted by atomic mass is 10.1. The highest BCUT2D eigenvalue weighted by Crippen LogP contribution is 2.23. The van der Waals surface area contributed by atoms with Crippen molar-refractivity contribution in [1.82, 2.24) is 15.3 Å². The fourth-order valence-corrected chi connectivity index (χ4v) is 2.82. The SMILES string of the molecule is CCc1[nH]c(CC2CCCN2)nc1-c1ccccc1. The van der Waals surface area contributed by atoms with Crippen LogP contribution in [0.5, 0.6) is 0 Å². The second-order valence-corrected chi connectivity index (χ2v) is 5.23. The van der Waals surface area contributed by atoms with E-state index in [1.54, 1.807) is 0 Å². The van der Waals surface area contributed by atoms with Crippen molar-refractivity contribution in [1.29, 1.82) is 0 Å². The van der Waals surface area contributed by atoms with E-state index in [0.717, 1.165) is 30.9 Å². The molecule has 0 bridgehead atoms. The van der Waals surface area contributed by atoms with Crippen LogP contribution in [-0.2, 0) is 12.8 Å². The van der Waals surface area contributed by atoms with Crippen molar-refractivity contribution in [3.05, 3.63) is 41.9 Å². The van der Waals surface area contributed by atoms with Crippen molar-refractivity contribution < 1.29 is 0 Å². The van der Waals surface area contributed by atoms with Crippen LogP contribution in [0.15, 0.2) is 30.3 Å². The first-order valence-electron chi connectivity index (χ1n) is 7.23. The summed E-state index contributed by atoms with van der Waals surface area (Å²) in [5, 5.41) is 3.53. The molecular formula is C16H21N3. The van der Waals surface area contributed by atoms with Crippen molar-refractivity contribution in [2.45, 2.75) is 38.6 Å². The third kappa shape index (κ3) is 2.71. The summed E-state index contributed by atoms with van der Waals surface area (Å²) in [6.07, 6.45) is 4.57. The van der Waals surface area contributed by atoms with Gasteiger partial charge in [-0.1, -0.05) is 37.3 Å². The first-order chi connectivity index (χ1) is 9.36. The molecule has 2 aromatic rings. The number of benzene rings is 1. The predicted molar refractivity (Wildman–Crippen MR) is 78.1 cm³/mol. The van der Waals surface area contributed by atoms with Crippen LogP contribution in [0, 0.1) is 0 Å². The molecule has 1 fully saturated rings. The van der Waals surface area contributed by atoms with E-state index < -0.39 is 0 Å². The van der Waals surface area contributed by atoms with Crippen LogP contribution >= 0.6 is 0 Å². The van der Waals surface area contributed by atoms with E-state index in [2.05, 4.69) is 41.5 Å². The Balaban J connectivity index is 1.85. The molecule has 1 aliphatic rings. The minimum absolute atomic E-state index is 0.597. The second-order valence-electron chi connectivity index (χ2n) is 5.23. The van der Waals surface area contributed by atoms with E-state index in [1.165, 1.54) is 24.1 Å². The van der Waals surface area contributed by atoms with Gasteiger partial charge in [-0.2, -0.15) is 0 Å². The molecule has 19 heavy (non-hydrogen) atoms. The van der Waals surface area contributed by atoms with Gasteiger partial charge in [0.15, 0.2) is 0 Å². The van der Waals surface area contributed by atoms with Crippen LogP contribution in [0.3, 0.4) is 0 Å². The van der Waals surface area contributed by atoms with Gasteiger partial charge < -0.3 is 10.3 Å². The van der Waals surface area contributed by atoms with Gasteiger partial charge in [0, 0.05) is 23.7 Å². The quantitative estimate of drug-likeness (QED) is 0.882. The number of hydrogen-bond donors (Lipinski definition) is 2. The number of rotatable bonds is 4. The molecule has 2 N–H and O–H groups in total. The van der Waals surface area contributed by atoms with E-state index in [4.69, 9.17) is 4.98 Å². The maximum Gasteiger partial charge on any atom is 0.108 e. The van der Waals surface area contributed by atoms with Gasteiger partial charge in [-0.05, 0) is 25.8 Å². The highest BCUT2D eigenvalue weighted by atomic mass is 15.0. The fourth-order valence-electron chi connectivity index (χ4n) is 2.82. The van der Waals surface area contributed by atoms with Crippen LogP contribution in [0.25, 0.3) is 11.3 Å². The Morgan fingerprint density at radius 2 is 2.11 bits per heavy atom. The van der Waals surface area contributed by atoms with Crippen molar-refractivity contribution >= 4 is 0 Å². The first kappa shape index (κ1) is 12.4. The zero-order valence-electron chi connectivity index (χ0n) is 11.4. The molecule has 2 heterocycles. The highest BCUT2D eigenvalue weighted by Gasteiger charge is 2.18. The Labute approximate surface area is 114 Å². The third-order valence-electron chi connectivity index (χ3n) is 3.83. The summed E-state index contributed by atoms with van der Waals surface area (Å²) in [4.78, 5) is 8.32. The number of aromatic amines is 1. The lowest BCUT2D eigenvalue weighted by molar-refractivity contribution is 0.588. The van der Waals surface area contributed by atoms with Gasteiger partial charge in [0.1, 0.15) is 5.82 Å². The Bertz CT molecular complexity index is 524. The van der Waals surface area contributed by atoms with Crippen LogP contribution in [0.2, 0.25) is 0 Å². The molecule has 0 saturated carbocycles. The highest BCUT2D eigenvalue weighted by molar-refractivity contribution is 5.62. The summed E-state index contributed by atoms with van der Waals surface area (Å²) in [6, 6.07) is 11.0. The minimum Gasteiger partial charge on any atom is -0.345 e. The maximum atomic E-state index is 4.82. The molecule has 1 aromatic carbocycles. The van der Waals surface area contributed by atoms with Gasteiger partial charge in [-0.25, -0.2) is 4.98 Å². The number of nitrogens with zero attached hydrogens (tertiary/aromatic N) is 1. The van der Waals surface area contributed by atoms with Crippen molar-refractivity contribution in [2.75, 3.05) is 6.54 Å². The molecular weight excluding hydrogens is 234 g/mol. The number of hydrogen-bond acceptors (Lipinski definition) is 2. The number of nitrogens with one attached hydrogen (secondary N) is 2. The molecule has 100 valence electrons. The third-order valence-corrected chi connectivity index (χ3v) is 3.83.